The number of phenols is 1. The number of carbonyl (C=O) groups is 1. The van der Waals surface area contributed by atoms with Crippen molar-refractivity contribution >= 4 is 17.5 Å². The minimum absolute atomic E-state index is 0.123. The van der Waals surface area contributed by atoms with Gasteiger partial charge in [-0.05, 0) is 43.5 Å². The first-order chi connectivity index (χ1) is 13.1. The summed E-state index contributed by atoms with van der Waals surface area (Å²) in [6.45, 7) is 1.85. The predicted molar refractivity (Wildman–Crippen MR) is 99.3 cm³/mol. The van der Waals surface area contributed by atoms with Gasteiger partial charge in [0.25, 0.3) is 5.91 Å². The van der Waals surface area contributed by atoms with Gasteiger partial charge < -0.3 is 15.2 Å². The summed E-state index contributed by atoms with van der Waals surface area (Å²) in [7, 11) is 0. The van der Waals surface area contributed by atoms with Crippen molar-refractivity contribution in [3.8, 4) is 5.75 Å². The Morgan fingerprint density at radius 3 is 2.75 bits per heavy atom. The van der Waals surface area contributed by atoms with Crippen LogP contribution in [0.15, 0.2) is 42.0 Å². The fourth-order valence-electron chi connectivity index (χ4n) is 3.13. The van der Waals surface area contributed by atoms with Gasteiger partial charge in [0.05, 0.1) is 16.7 Å². The van der Waals surface area contributed by atoms with Gasteiger partial charge in [0, 0.05) is 11.6 Å². The first-order valence-electron chi connectivity index (χ1n) is 8.99. The Kier molecular flexibility index (Phi) is 5.77. The summed E-state index contributed by atoms with van der Waals surface area (Å²) in [5, 5.41) is 12.7. The van der Waals surface area contributed by atoms with Crippen molar-refractivity contribution in [2.45, 2.75) is 44.0 Å². The van der Waals surface area contributed by atoms with Crippen molar-refractivity contribution in [2.24, 2.45) is 5.92 Å². The predicted octanol–water partition coefficient (Wildman–Crippen LogP) is 4.78. The largest absolute Gasteiger partial charge is 0.507 e. The molecule has 0 heterocycles. The van der Waals surface area contributed by atoms with Crippen LogP contribution in [0.25, 0.3) is 0 Å². The minimum Gasteiger partial charge on any atom is -0.507 e. The molecule has 0 bridgehead atoms. The summed E-state index contributed by atoms with van der Waals surface area (Å²) in [6.07, 6.45) is 1.02. The first kappa shape index (κ1) is 20.7. The highest BCUT2D eigenvalue weighted by molar-refractivity contribution is 6.31. The molecule has 0 saturated heterocycles. The molecule has 4 nitrogen and oxygen atoms in total. The lowest BCUT2D eigenvalue weighted by molar-refractivity contribution is -0.0901. The molecule has 8 heteroatoms. The molecular formula is C20H21ClF3NO3. The van der Waals surface area contributed by atoms with E-state index in [4.69, 9.17) is 16.3 Å². The Morgan fingerprint density at radius 1 is 1.39 bits per heavy atom. The second-order valence-corrected chi connectivity index (χ2v) is 7.81. The van der Waals surface area contributed by atoms with Crippen molar-refractivity contribution in [3.05, 3.63) is 52.6 Å². The van der Waals surface area contributed by atoms with Gasteiger partial charge in [-0.15, -0.1) is 0 Å². The number of nitrogens with one attached hydrogen (secondary N) is 1. The molecule has 0 spiro atoms. The van der Waals surface area contributed by atoms with E-state index in [0.717, 1.165) is 31.4 Å². The zero-order valence-corrected chi connectivity index (χ0v) is 16.0. The van der Waals surface area contributed by atoms with Crippen LogP contribution in [0.5, 0.6) is 5.75 Å². The molecule has 1 aromatic rings. The van der Waals surface area contributed by atoms with Crippen LogP contribution in [0, 0.1) is 5.92 Å². The van der Waals surface area contributed by atoms with Gasteiger partial charge in [-0.25, -0.2) is 0 Å². The quantitative estimate of drug-likeness (QED) is 0.703. The summed E-state index contributed by atoms with van der Waals surface area (Å²) in [6, 6.07) is 3.91. The number of rotatable bonds is 6. The third-order valence-electron chi connectivity index (χ3n) is 4.93. The first-order valence-corrected chi connectivity index (χ1v) is 9.37. The SMILES string of the molecule is CC1(NC(=O)c2cc(Cl)ccc2O)C=C(C(F)(F)F)C=CC1OCCC1CC1. The normalized spacial score (nSPS) is 24.8. The Labute approximate surface area is 166 Å². The number of carbonyl (C=O) groups excluding carboxylic acids is 1. The Hall–Kier alpha value is -1.99. The molecule has 2 unspecified atom stereocenters. The van der Waals surface area contributed by atoms with Crippen LogP contribution in [-0.2, 0) is 4.74 Å². The van der Waals surface area contributed by atoms with E-state index in [0.29, 0.717) is 12.5 Å². The van der Waals surface area contributed by atoms with E-state index < -0.39 is 29.3 Å². The number of halogens is 4. The van der Waals surface area contributed by atoms with E-state index >= 15 is 0 Å². The third kappa shape index (κ3) is 4.89. The van der Waals surface area contributed by atoms with E-state index in [1.165, 1.54) is 31.2 Å². The highest BCUT2D eigenvalue weighted by atomic mass is 35.5. The van der Waals surface area contributed by atoms with Crippen LogP contribution in [0.1, 0.15) is 36.5 Å². The highest BCUT2D eigenvalue weighted by Crippen LogP contribution is 2.36. The molecule has 0 radical (unpaired) electrons. The molecule has 1 saturated carbocycles. The van der Waals surface area contributed by atoms with Crippen LogP contribution >= 0.6 is 11.6 Å². The van der Waals surface area contributed by atoms with Crippen molar-refractivity contribution in [1.82, 2.24) is 5.32 Å². The fourth-order valence-corrected chi connectivity index (χ4v) is 3.30. The number of amides is 1. The maximum absolute atomic E-state index is 13.2. The molecule has 28 heavy (non-hydrogen) atoms. The van der Waals surface area contributed by atoms with E-state index in [9.17, 15) is 23.1 Å². The molecule has 0 aliphatic heterocycles. The average Bonchev–Trinajstić information content (AvgIpc) is 3.41. The molecule has 1 aromatic carbocycles. The Bertz CT molecular complexity index is 817. The topological polar surface area (TPSA) is 58.6 Å². The number of phenolic OH excluding ortho intramolecular Hbond substituents is 1. The number of benzene rings is 1. The molecular weight excluding hydrogens is 395 g/mol. The minimum atomic E-state index is -4.56. The molecule has 152 valence electrons. The fraction of sp³-hybridized carbons (Fsp3) is 0.450. The lowest BCUT2D eigenvalue weighted by atomic mass is 9.86. The molecule has 1 amide bonds. The van der Waals surface area contributed by atoms with Crippen molar-refractivity contribution in [1.29, 1.82) is 0 Å². The van der Waals surface area contributed by atoms with E-state index in [2.05, 4.69) is 5.32 Å². The molecule has 2 N–H and O–H groups in total. The standard InChI is InChI=1S/C20H21ClF3NO3/c1-19(25-18(27)15-10-14(21)5-6-16(15)26)11-13(20(22,23)24)4-7-17(19)28-9-8-12-2-3-12/h4-7,10-12,17,26H,2-3,8-9H2,1H3,(H,25,27). The zero-order valence-electron chi connectivity index (χ0n) is 15.2. The van der Waals surface area contributed by atoms with Crippen molar-refractivity contribution < 1.29 is 27.8 Å². The third-order valence-corrected chi connectivity index (χ3v) is 5.17. The summed E-state index contributed by atoms with van der Waals surface area (Å²) < 4.78 is 45.5. The van der Waals surface area contributed by atoms with Crippen LogP contribution < -0.4 is 5.32 Å². The lowest BCUT2D eigenvalue weighted by Crippen LogP contribution is -2.55. The number of allylic oxidation sites excluding steroid dienone is 2. The molecule has 0 aromatic heterocycles. The Balaban J connectivity index is 1.83. The number of aromatic hydroxyl groups is 1. The molecule has 2 atom stereocenters. The summed E-state index contributed by atoms with van der Waals surface area (Å²) in [5.41, 5.74) is -2.44. The average molecular weight is 416 g/mol. The second kappa shape index (κ2) is 7.79. The highest BCUT2D eigenvalue weighted by Gasteiger charge is 2.42. The van der Waals surface area contributed by atoms with Crippen LogP contribution in [0.2, 0.25) is 5.02 Å². The summed E-state index contributed by atoms with van der Waals surface area (Å²) >= 11 is 5.87. The van der Waals surface area contributed by atoms with E-state index in [1.807, 2.05) is 0 Å². The van der Waals surface area contributed by atoms with E-state index in [-0.39, 0.29) is 16.3 Å². The molecule has 2 aliphatic carbocycles. The van der Waals surface area contributed by atoms with Crippen molar-refractivity contribution in [2.75, 3.05) is 6.61 Å². The van der Waals surface area contributed by atoms with Gasteiger partial charge in [-0.2, -0.15) is 13.2 Å². The van der Waals surface area contributed by atoms with Gasteiger partial charge in [-0.3, -0.25) is 4.79 Å². The van der Waals surface area contributed by atoms with Gasteiger partial charge in [-0.1, -0.05) is 36.6 Å². The number of hydrogen-bond donors (Lipinski definition) is 2. The number of alkyl halides is 3. The van der Waals surface area contributed by atoms with Crippen LogP contribution in [0.3, 0.4) is 0 Å². The maximum atomic E-state index is 13.2. The summed E-state index contributed by atoms with van der Waals surface area (Å²) in [4.78, 5) is 12.7. The van der Waals surface area contributed by atoms with Gasteiger partial charge >= 0.3 is 6.18 Å². The van der Waals surface area contributed by atoms with Crippen LogP contribution in [-0.4, -0.2) is 35.4 Å². The second-order valence-electron chi connectivity index (χ2n) is 7.38. The monoisotopic (exact) mass is 415 g/mol. The molecule has 1 fully saturated rings. The lowest BCUT2D eigenvalue weighted by Gasteiger charge is -2.37. The number of hydrogen-bond acceptors (Lipinski definition) is 3. The summed E-state index contributed by atoms with van der Waals surface area (Å²) in [5.74, 6) is -0.451. The molecule has 2 aliphatic rings. The Morgan fingerprint density at radius 2 is 2.11 bits per heavy atom. The number of ether oxygens (including phenoxy) is 1. The van der Waals surface area contributed by atoms with Gasteiger partial charge in [0.2, 0.25) is 0 Å². The molecule has 3 rings (SSSR count). The van der Waals surface area contributed by atoms with Gasteiger partial charge in [0.1, 0.15) is 11.9 Å². The van der Waals surface area contributed by atoms with Crippen LogP contribution in [0.4, 0.5) is 13.2 Å². The zero-order chi connectivity index (χ0) is 20.5. The van der Waals surface area contributed by atoms with Gasteiger partial charge in [0.15, 0.2) is 0 Å². The van der Waals surface area contributed by atoms with E-state index in [1.54, 1.807) is 0 Å². The smallest absolute Gasteiger partial charge is 0.416 e. The maximum Gasteiger partial charge on any atom is 0.416 e. The van der Waals surface area contributed by atoms with Crippen molar-refractivity contribution in [3.63, 3.8) is 0 Å².